The Morgan fingerprint density at radius 2 is 2.21 bits per heavy atom. The summed E-state index contributed by atoms with van der Waals surface area (Å²) in [5.41, 5.74) is 7.69. The highest BCUT2D eigenvalue weighted by Crippen LogP contribution is 2.12. The Morgan fingerprint density at radius 3 is 2.71 bits per heavy atom. The zero-order chi connectivity index (χ0) is 10.7. The zero-order valence-electron chi connectivity index (χ0n) is 8.16. The molecule has 0 aliphatic rings. The number of nitriles is 1. The quantitative estimate of drug-likeness (QED) is 0.749. The first kappa shape index (κ1) is 10.2. The molecule has 2 N–H and O–H groups in total. The van der Waals surface area contributed by atoms with E-state index in [0.717, 1.165) is 11.3 Å². The Labute approximate surface area is 82.4 Å². The first-order valence-corrected chi connectivity index (χ1v) is 4.20. The van der Waals surface area contributed by atoms with E-state index in [1.54, 1.807) is 13.0 Å². The summed E-state index contributed by atoms with van der Waals surface area (Å²) in [5, 5.41) is 8.55. The largest absolute Gasteiger partial charge is 0.366 e. The number of amides is 1. The molecular weight excluding hydrogens is 178 g/mol. The number of rotatable bonds is 2. The monoisotopic (exact) mass is 189 g/mol. The van der Waals surface area contributed by atoms with Crippen LogP contribution in [0.5, 0.6) is 0 Å². The van der Waals surface area contributed by atoms with Crippen LogP contribution < -0.4 is 5.73 Å². The van der Waals surface area contributed by atoms with Crippen molar-refractivity contribution in [2.75, 3.05) is 0 Å². The van der Waals surface area contributed by atoms with E-state index in [0.29, 0.717) is 11.3 Å². The summed E-state index contributed by atoms with van der Waals surface area (Å²) in [7, 11) is 0. The summed E-state index contributed by atoms with van der Waals surface area (Å²) >= 11 is 0. The third-order valence-corrected chi connectivity index (χ3v) is 2.04. The van der Waals surface area contributed by atoms with Gasteiger partial charge in [-0.1, -0.05) is 0 Å². The van der Waals surface area contributed by atoms with Crippen LogP contribution in [0, 0.1) is 25.2 Å². The second kappa shape index (κ2) is 3.88. The summed E-state index contributed by atoms with van der Waals surface area (Å²) in [4.78, 5) is 15.2. The van der Waals surface area contributed by atoms with Crippen LogP contribution >= 0.6 is 0 Å². The van der Waals surface area contributed by atoms with Gasteiger partial charge in [-0.2, -0.15) is 5.26 Å². The number of carbonyl (C=O) groups excluding carboxylic acids is 1. The van der Waals surface area contributed by atoms with Gasteiger partial charge in [0.05, 0.1) is 23.7 Å². The number of aryl methyl sites for hydroxylation is 2. The van der Waals surface area contributed by atoms with Crippen molar-refractivity contribution in [3.05, 3.63) is 28.6 Å². The fourth-order valence-corrected chi connectivity index (χ4v) is 1.28. The second-order valence-electron chi connectivity index (χ2n) is 3.07. The summed E-state index contributed by atoms with van der Waals surface area (Å²) in [6.45, 7) is 3.54. The van der Waals surface area contributed by atoms with Crippen LogP contribution in [-0.4, -0.2) is 10.9 Å². The highest BCUT2D eigenvalue weighted by atomic mass is 16.1. The van der Waals surface area contributed by atoms with Crippen LogP contribution in [0.1, 0.15) is 27.3 Å². The highest BCUT2D eigenvalue weighted by Gasteiger charge is 2.09. The van der Waals surface area contributed by atoms with E-state index in [1.807, 2.05) is 13.0 Å². The van der Waals surface area contributed by atoms with Crippen molar-refractivity contribution in [3.63, 3.8) is 0 Å². The molecular formula is C10H11N3O. The number of nitrogens with two attached hydrogens (primary N) is 1. The predicted molar refractivity (Wildman–Crippen MR) is 51.5 cm³/mol. The Morgan fingerprint density at radius 1 is 1.57 bits per heavy atom. The third-order valence-electron chi connectivity index (χ3n) is 2.04. The fraction of sp³-hybridized carbons (Fsp3) is 0.300. The van der Waals surface area contributed by atoms with Crippen molar-refractivity contribution in [1.29, 1.82) is 5.26 Å². The minimum absolute atomic E-state index is 0.249. The van der Waals surface area contributed by atoms with Gasteiger partial charge in [0.2, 0.25) is 0 Å². The molecule has 0 saturated carbocycles. The van der Waals surface area contributed by atoms with E-state index in [2.05, 4.69) is 4.98 Å². The van der Waals surface area contributed by atoms with E-state index in [1.165, 1.54) is 0 Å². The molecule has 1 amide bonds. The summed E-state index contributed by atoms with van der Waals surface area (Å²) in [6, 6.07) is 3.66. The van der Waals surface area contributed by atoms with E-state index in [9.17, 15) is 4.79 Å². The predicted octanol–water partition coefficient (Wildman–Crippen LogP) is 0.863. The number of hydrogen-bond donors (Lipinski definition) is 1. The molecule has 4 nitrogen and oxygen atoms in total. The zero-order valence-corrected chi connectivity index (χ0v) is 8.16. The Bertz CT molecular complexity index is 418. The van der Waals surface area contributed by atoms with Gasteiger partial charge in [-0.15, -0.1) is 0 Å². The first-order chi connectivity index (χ1) is 6.56. The van der Waals surface area contributed by atoms with Crippen molar-refractivity contribution in [1.82, 2.24) is 4.98 Å². The molecule has 0 fully saturated rings. The van der Waals surface area contributed by atoms with Crippen LogP contribution in [0.4, 0.5) is 0 Å². The van der Waals surface area contributed by atoms with Crippen molar-refractivity contribution < 1.29 is 4.79 Å². The molecule has 0 atom stereocenters. The van der Waals surface area contributed by atoms with Crippen molar-refractivity contribution in [2.45, 2.75) is 20.3 Å². The summed E-state index contributed by atoms with van der Waals surface area (Å²) in [6.07, 6.45) is 0.249. The Kier molecular flexibility index (Phi) is 2.82. The highest BCUT2D eigenvalue weighted by molar-refractivity contribution is 5.94. The Hall–Kier alpha value is -1.89. The molecule has 0 aromatic carbocycles. The molecule has 4 heteroatoms. The Balaban J connectivity index is 3.28. The van der Waals surface area contributed by atoms with Crippen molar-refractivity contribution in [2.24, 2.45) is 5.73 Å². The van der Waals surface area contributed by atoms with Crippen LogP contribution in [0.2, 0.25) is 0 Å². The number of hydrogen-bond acceptors (Lipinski definition) is 3. The lowest BCUT2D eigenvalue weighted by molar-refractivity contribution is 0.0999. The number of carbonyl (C=O) groups is 1. The van der Waals surface area contributed by atoms with Crippen LogP contribution in [0.3, 0.4) is 0 Å². The molecule has 0 aliphatic heterocycles. The van der Waals surface area contributed by atoms with Gasteiger partial charge >= 0.3 is 0 Å². The summed E-state index contributed by atoms with van der Waals surface area (Å²) < 4.78 is 0. The third kappa shape index (κ3) is 1.88. The van der Waals surface area contributed by atoms with Crippen molar-refractivity contribution >= 4 is 5.91 Å². The number of nitrogens with zero attached hydrogens (tertiary/aromatic N) is 2. The van der Waals surface area contributed by atoms with Gasteiger partial charge < -0.3 is 5.73 Å². The van der Waals surface area contributed by atoms with Gasteiger partial charge in [0.1, 0.15) is 0 Å². The topological polar surface area (TPSA) is 79.8 Å². The number of pyridine rings is 1. The van der Waals surface area contributed by atoms with Gasteiger partial charge in [-0.05, 0) is 25.5 Å². The van der Waals surface area contributed by atoms with Gasteiger partial charge in [-0.3, -0.25) is 9.78 Å². The first-order valence-electron chi connectivity index (χ1n) is 4.20. The SMILES string of the molecule is Cc1nc(C)c(C(N)=O)cc1CC#N. The van der Waals surface area contributed by atoms with Crippen LogP contribution in [0.15, 0.2) is 6.07 Å². The van der Waals surface area contributed by atoms with Gasteiger partial charge in [0.15, 0.2) is 0 Å². The van der Waals surface area contributed by atoms with Crippen LogP contribution in [-0.2, 0) is 6.42 Å². The molecule has 14 heavy (non-hydrogen) atoms. The van der Waals surface area contributed by atoms with Gasteiger partial charge in [0.25, 0.3) is 5.91 Å². The molecule has 0 saturated heterocycles. The molecule has 0 bridgehead atoms. The lowest BCUT2D eigenvalue weighted by Gasteiger charge is -2.06. The van der Waals surface area contributed by atoms with E-state index in [-0.39, 0.29) is 6.42 Å². The lowest BCUT2D eigenvalue weighted by Crippen LogP contribution is -2.14. The summed E-state index contributed by atoms with van der Waals surface area (Å²) in [5.74, 6) is -0.505. The normalized spacial score (nSPS) is 9.50. The molecule has 0 radical (unpaired) electrons. The van der Waals surface area contributed by atoms with E-state index in [4.69, 9.17) is 11.0 Å². The smallest absolute Gasteiger partial charge is 0.250 e. The molecule has 0 aliphatic carbocycles. The second-order valence-corrected chi connectivity index (χ2v) is 3.07. The molecule has 72 valence electrons. The number of aromatic nitrogens is 1. The van der Waals surface area contributed by atoms with Gasteiger partial charge in [0, 0.05) is 5.69 Å². The molecule has 1 aromatic rings. The van der Waals surface area contributed by atoms with E-state index >= 15 is 0 Å². The average Bonchev–Trinajstić information content (AvgIpc) is 2.09. The maximum absolute atomic E-state index is 11.0. The minimum atomic E-state index is -0.505. The maximum atomic E-state index is 11.0. The van der Waals surface area contributed by atoms with E-state index < -0.39 is 5.91 Å². The van der Waals surface area contributed by atoms with Gasteiger partial charge in [-0.25, -0.2) is 0 Å². The molecule has 1 heterocycles. The van der Waals surface area contributed by atoms with Crippen molar-refractivity contribution in [3.8, 4) is 6.07 Å². The standard InChI is InChI=1S/C10H11N3O/c1-6-8(3-4-11)5-9(10(12)14)7(2)13-6/h5H,3H2,1-2H3,(H2,12,14). The van der Waals surface area contributed by atoms with Crippen LogP contribution in [0.25, 0.3) is 0 Å². The molecule has 0 spiro atoms. The average molecular weight is 189 g/mol. The minimum Gasteiger partial charge on any atom is -0.366 e. The fourth-order valence-electron chi connectivity index (χ4n) is 1.28. The lowest BCUT2D eigenvalue weighted by atomic mass is 10.1. The molecule has 1 aromatic heterocycles. The molecule has 1 rings (SSSR count). The molecule has 0 unspecified atom stereocenters. The number of primary amides is 1. The maximum Gasteiger partial charge on any atom is 0.250 e.